The molecule has 0 radical (unpaired) electrons. The van der Waals surface area contributed by atoms with Gasteiger partial charge in [-0.15, -0.1) is 0 Å². The Morgan fingerprint density at radius 2 is 0.586 bits per heavy atom. The lowest BCUT2D eigenvalue weighted by molar-refractivity contribution is 1.07. The van der Waals surface area contributed by atoms with Crippen LogP contribution in [0.4, 0.5) is 0 Å². The Kier molecular flexibility index (Phi) is 13.2. The van der Waals surface area contributed by atoms with Crippen molar-refractivity contribution in [1.82, 2.24) is 19.5 Å². The first-order chi connectivity index (χ1) is 34.5. The molecule has 0 aliphatic carbocycles. The van der Waals surface area contributed by atoms with Crippen molar-refractivity contribution in [2.45, 2.75) is 107 Å². The largest absolute Gasteiger partial charge is 0.354 e. The second kappa shape index (κ2) is 20.0. The third-order valence-electron chi connectivity index (χ3n) is 14.9. The van der Waals surface area contributed by atoms with Crippen LogP contribution in [0.2, 0.25) is 0 Å². The van der Waals surface area contributed by atoms with Gasteiger partial charge in [0.1, 0.15) is 0 Å². The van der Waals surface area contributed by atoms with Crippen molar-refractivity contribution in [3.05, 3.63) is 197 Å². The highest BCUT2D eigenvalue weighted by molar-refractivity contribution is 6.10. The number of hydrogen-bond acceptors (Lipinski definition) is 2. The molecule has 5 heterocycles. The van der Waals surface area contributed by atoms with Crippen LogP contribution in [0, 0.1) is 0 Å². The molecule has 3 aromatic heterocycles. The van der Waals surface area contributed by atoms with Crippen molar-refractivity contribution >= 4 is 44.4 Å². The minimum absolute atomic E-state index is 0.842. The quantitative estimate of drug-likeness (QED) is 0.125. The number of allylic oxidation sites excluding steroid dienone is 4. The molecule has 10 rings (SSSR count). The van der Waals surface area contributed by atoms with Gasteiger partial charge in [0, 0.05) is 27.9 Å². The molecule has 1 N–H and O–H groups in total. The number of aryl methyl sites for hydroxylation is 4. The molecule has 70 heavy (non-hydrogen) atoms. The molecule has 0 spiro atoms. The van der Waals surface area contributed by atoms with Gasteiger partial charge in [-0.25, -0.2) is 9.97 Å². The smallest absolute Gasteiger partial charge is 0.0772 e. The SMILES string of the molecule is CCC1=C(CC)c2nc1c(-c1ccccc1)c1[nH]c(c(CC)c1CC)c(-c1ccccc1)c1nc(c(-c3ccccc3)c3c(CC)c(CC)c(c2-c2ccccc2)n3-c2ccccc2)C(CC)=C1CC. The van der Waals surface area contributed by atoms with Crippen LogP contribution in [0.5, 0.6) is 0 Å². The first-order valence-corrected chi connectivity index (χ1v) is 26.1. The van der Waals surface area contributed by atoms with Gasteiger partial charge in [-0.1, -0.05) is 195 Å². The van der Waals surface area contributed by atoms with E-state index in [9.17, 15) is 0 Å². The number of hydrogen-bond donors (Lipinski definition) is 1. The Morgan fingerprint density at radius 3 is 0.871 bits per heavy atom. The molecule has 5 aromatic carbocycles. The third-order valence-corrected chi connectivity index (χ3v) is 14.9. The summed E-state index contributed by atoms with van der Waals surface area (Å²) in [6.07, 6.45) is 6.79. The van der Waals surface area contributed by atoms with Gasteiger partial charge in [0.15, 0.2) is 0 Å². The number of nitrogens with zero attached hydrogens (tertiary/aromatic N) is 3. The number of rotatable bonds is 13. The van der Waals surface area contributed by atoms with Crippen molar-refractivity contribution < 1.29 is 0 Å². The van der Waals surface area contributed by atoms with Crippen molar-refractivity contribution in [3.8, 4) is 50.2 Å². The predicted octanol–water partition coefficient (Wildman–Crippen LogP) is 18.2. The molecule has 4 nitrogen and oxygen atoms in total. The highest BCUT2D eigenvalue weighted by Crippen LogP contribution is 2.51. The number of nitrogens with one attached hydrogen (secondary N) is 1. The highest BCUT2D eigenvalue weighted by atomic mass is 15.0. The summed E-state index contributed by atoms with van der Waals surface area (Å²) in [5, 5.41) is 0. The van der Waals surface area contributed by atoms with E-state index in [1.54, 1.807) is 0 Å². The lowest BCUT2D eigenvalue weighted by atomic mass is 9.90. The number of para-hydroxylation sites is 1. The standard InChI is InChI=1S/C66H66N4/c1-9-47-48(10-2)60-56(43-34-24-18-25-35-43)62-50(12-4)52(14-6)64(69-62)58(45-38-28-20-29-39-45)66-54(16-8)53(15-7)65(70(66)46-40-30-21-31-41-46)57(44-36-26-19-27-37-44)63-51(13-5)49(11-3)61(68-63)55(59(47)67-60)42-32-22-17-23-33-42/h17-41,67H,9-16H2,1-8H3. The van der Waals surface area contributed by atoms with Crippen LogP contribution >= 0.6 is 0 Å². The summed E-state index contributed by atoms with van der Waals surface area (Å²) in [7, 11) is 0. The number of aromatic nitrogens is 4. The lowest BCUT2D eigenvalue weighted by Gasteiger charge is -2.17. The van der Waals surface area contributed by atoms with E-state index in [-0.39, 0.29) is 0 Å². The van der Waals surface area contributed by atoms with E-state index in [2.05, 4.69) is 217 Å². The molecule has 0 saturated carbocycles. The van der Waals surface area contributed by atoms with E-state index < -0.39 is 0 Å². The lowest BCUT2D eigenvalue weighted by Crippen LogP contribution is -2.00. The number of aromatic amines is 1. The molecule has 0 unspecified atom stereocenters. The van der Waals surface area contributed by atoms with Gasteiger partial charge in [-0.3, -0.25) is 0 Å². The maximum Gasteiger partial charge on any atom is 0.0772 e. The summed E-state index contributed by atoms with van der Waals surface area (Å²) in [6, 6.07) is 55.5. The maximum atomic E-state index is 6.15. The van der Waals surface area contributed by atoms with E-state index in [1.807, 2.05) is 0 Å². The molecule has 0 fully saturated rings. The summed E-state index contributed by atoms with van der Waals surface area (Å²) in [6.45, 7) is 18.6. The Balaban J connectivity index is 1.66. The summed E-state index contributed by atoms with van der Waals surface area (Å²) in [5.41, 5.74) is 30.0. The van der Waals surface area contributed by atoms with Crippen LogP contribution in [0.25, 0.3) is 94.6 Å². The second-order valence-corrected chi connectivity index (χ2v) is 18.5. The monoisotopic (exact) mass is 915 g/mol. The topological polar surface area (TPSA) is 46.5 Å². The van der Waals surface area contributed by atoms with Crippen LogP contribution in [-0.2, 0) is 25.7 Å². The molecular formula is C66H66N4. The molecule has 0 amide bonds. The third kappa shape index (κ3) is 7.60. The van der Waals surface area contributed by atoms with Gasteiger partial charge in [-0.05, 0) is 130 Å². The second-order valence-electron chi connectivity index (χ2n) is 18.5. The fraction of sp³-hybridized carbons (Fsp3) is 0.242. The first kappa shape index (κ1) is 46.4. The minimum Gasteiger partial charge on any atom is -0.354 e. The Bertz CT molecular complexity index is 3250. The maximum absolute atomic E-state index is 6.15. The van der Waals surface area contributed by atoms with Crippen LogP contribution in [0.3, 0.4) is 0 Å². The van der Waals surface area contributed by atoms with E-state index in [0.717, 1.165) is 124 Å². The van der Waals surface area contributed by atoms with Gasteiger partial charge in [0.2, 0.25) is 0 Å². The molecule has 0 atom stereocenters. The minimum atomic E-state index is 0.842. The molecule has 0 saturated heterocycles. The van der Waals surface area contributed by atoms with Crippen LogP contribution in [0.15, 0.2) is 152 Å². The molecule has 8 aromatic rings. The number of H-pyrrole nitrogens is 1. The van der Waals surface area contributed by atoms with Gasteiger partial charge >= 0.3 is 0 Å². The van der Waals surface area contributed by atoms with E-state index in [0.29, 0.717) is 0 Å². The fourth-order valence-corrected chi connectivity index (χ4v) is 12.0. The van der Waals surface area contributed by atoms with E-state index >= 15 is 0 Å². The average Bonchev–Trinajstić information content (AvgIpc) is 4.17. The van der Waals surface area contributed by atoms with Crippen LogP contribution in [0.1, 0.15) is 126 Å². The van der Waals surface area contributed by atoms with E-state index in [4.69, 9.17) is 9.97 Å². The van der Waals surface area contributed by atoms with Gasteiger partial charge in [-0.2, -0.15) is 0 Å². The molecule has 8 bridgehead atoms. The zero-order chi connectivity index (χ0) is 48.5. The predicted molar refractivity (Wildman–Crippen MR) is 300 cm³/mol. The normalized spacial score (nSPS) is 12.6. The van der Waals surface area contributed by atoms with Gasteiger partial charge in [0.05, 0.1) is 44.8 Å². The summed E-state index contributed by atoms with van der Waals surface area (Å²) in [4.78, 5) is 16.6. The van der Waals surface area contributed by atoms with Crippen molar-refractivity contribution in [1.29, 1.82) is 0 Å². The zero-order valence-corrected chi connectivity index (χ0v) is 42.4. The Morgan fingerprint density at radius 1 is 0.314 bits per heavy atom. The van der Waals surface area contributed by atoms with E-state index in [1.165, 1.54) is 66.7 Å². The van der Waals surface area contributed by atoms with Crippen molar-refractivity contribution in [3.63, 3.8) is 0 Å². The Hall–Kier alpha value is -7.30. The summed E-state index contributed by atoms with van der Waals surface area (Å²) < 4.78 is 2.62. The van der Waals surface area contributed by atoms with Gasteiger partial charge in [0.25, 0.3) is 0 Å². The molecule has 2 aliphatic heterocycles. The molecular weight excluding hydrogens is 849 g/mol. The van der Waals surface area contributed by atoms with Gasteiger partial charge < -0.3 is 9.55 Å². The number of benzene rings is 5. The van der Waals surface area contributed by atoms with Crippen LogP contribution < -0.4 is 0 Å². The zero-order valence-electron chi connectivity index (χ0n) is 42.4. The van der Waals surface area contributed by atoms with Crippen molar-refractivity contribution in [2.75, 3.05) is 0 Å². The summed E-state index contributed by atoms with van der Waals surface area (Å²) >= 11 is 0. The fourth-order valence-electron chi connectivity index (χ4n) is 12.0. The summed E-state index contributed by atoms with van der Waals surface area (Å²) in [5.74, 6) is 0. The Labute approximate surface area is 415 Å². The molecule has 4 heteroatoms. The molecule has 2 aliphatic rings. The van der Waals surface area contributed by atoms with Crippen LogP contribution in [-0.4, -0.2) is 19.5 Å². The first-order valence-electron chi connectivity index (χ1n) is 26.1. The number of fused-ring (bicyclic) bond motifs is 8. The highest BCUT2D eigenvalue weighted by Gasteiger charge is 2.33. The van der Waals surface area contributed by atoms with Crippen molar-refractivity contribution in [2.24, 2.45) is 0 Å². The molecule has 350 valence electrons. The average molecular weight is 915 g/mol.